The smallest absolute Gasteiger partial charge is 0.137 e. The zero-order valence-electron chi connectivity index (χ0n) is 33.5. The number of nitrogens with zero attached hydrogens (tertiary/aromatic N) is 3. The van der Waals surface area contributed by atoms with Crippen LogP contribution >= 0.6 is 11.3 Å². The van der Waals surface area contributed by atoms with Crippen LogP contribution in [0.1, 0.15) is 33.4 Å². The number of anilines is 3. The molecular weight excluding hydrogens is 779 g/mol. The van der Waals surface area contributed by atoms with E-state index >= 15 is 0 Å². The van der Waals surface area contributed by atoms with E-state index in [1.807, 2.05) is 23.7 Å². The number of pyridine rings is 2. The SMILES string of the molecule is C[Si]1(C)c2ccccc2N(c2cccc3c2sc2c4c(ccc23)C2(c3cccnc3-c3ncccc32)c2ccc3c5c(ccc-4c25)CC3)c2cc3oc4ccccc4c3cc21. The molecule has 0 atom stereocenters. The van der Waals surface area contributed by atoms with Crippen molar-refractivity contribution in [2.75, 3.05) is 4.90 Å². The molecule has 0 saturated heterocycles. The van der Waals surface area contributed by atoms with Crippen LogP contribution in [-0.4, -0.2) is 18.0 Å². The third-order valence-electron chi connectivity index (χ3n) is 14.8. The Labute approximate surface area is 356 Å². The quantitative estimate of drug-likeness (QED) is 0.155. The van der Waals surface area contributed by atoms with Crippen molar-refractivity contribution in [2.24, 2.45) is 0 Å². The number of aromatic nitrogens is 2. The van der Waals surface area contributed by atoms with Crippen LogP contribution < -0.4 is 15.3 Å². The van der Waals surface area contributed by atoms with Crippen molar-refractivity contribution in [3.63, 3.8) is 0 Å². The van der Waals surface area contributed by atoms with Crippen molar-refractivity contribution in [1.29, 1.82) is 0 Å². The van der Waals surface area contributed by atoms with E-state index in [1.165, 1.54) is 114 Å². The number of aryl methyl sites for hydroxylation is 2. The van der Waals surface area contributed by atoms with E-state index in [0.29, 0.717) is 0 Å². The normalized spacial score (nSPS) is 15.8. The molecule has 0 fully saturated rings. The van der Waals surface area contributed by atoms with Crippen molar-refractivity contribution in [2.45, 2.75) is 31.4 Å². The largest absolute Gasteiger partial charge is 0.456 e. The molecule has 4 nitrogen and oxygen atoms in total. The molecule has 15 rings (SSSR count). The fraction of sp³-hybridized carbons (Fsp3) is 0.0909. The summed E-state index contributed by atoms with van der Waals surface area (Å²) in [6.07, 6.45) is 6.02. The lowest BCUT2D eigenvalue weighted by Crippen LogP contribution is -2.58. The van der Waals surface area contributed by atoms with Crippen molar-refractivity contribution >= 4 is 99.7 Å². The van der Waals surface area contributed by atoms with Crippen molar-refractivity contribution in [1.82, 2.24) is 9.97 Å². The first kappa shape index (κ1) is 32.9. The first-order valence-electron chi connectivity index (χ1n) is 21.4. The van der Waals surface area contributed by atoms with Gasteiger partial charge in [-0.2, -0.15) is 0 Å². The van der Waals surface area contributed by atoms with E-state index in [9.17, 15) is 0 Å². The third-order valence-corrected chi connectivity index (χ3v) is 19.6. The van der Waals surface area contributed by atoms with Crippen molar-refractivity contribution < 1.29 is 4.42 Å². The van der Waals surface area contributed by atoms with Crippen LogP contribution in [0.15, 0.2) is 156 Å². The number of furan rings is 1. The highest BCUT2D eigenvalue weighted by Crippen LogP contribution is 2.63. The molecule has 0 bridgehead atoms. The molecule has 11 aromatic rings. The molecule has 5 heterocycles. The van der Waals surface area contributed by atoms with Gasteiger partial charge in [-0.25, -0.2) is 0 Å². The van der Waals surface area contributed by atoms with Gasteiger partial charge in [0.05, 0.1) is 27.2 Å². The molecule has 286 valence electrons. The summed E-state index contributed by atoms with van der Waals surface area (Å²) in [5.41, 5.74) is 17.7. The first-order chi connectivity index (χ1) is 30.0. The Balaban J connectivity index is 1.07. The summed E-state index contributed by atoms with van der Waals surface area (Å²) >= 11 is 1.96. The summed E-state index contributed by atoms with van der Waals surface area (Å²) < 4.78 is 9.24. The van der Waals surface area contributed by atoms with Gasteiger partial charge in [0, 0.05) is 61.6 Å². The molecule has 1 spiro atoms. The molecule has 1 aliphatic heterocycles. The molecule has 4 aromatic heterocycles. The zero-order chi connectivity index (χ0) is 39.9. The first-order valence-corrected chi connectivity index (χ1v) is 25.2. The molecule has 6 heteroatoms. The number of rotatable bonds is 1. The fourth-order valence-electron chi connectivity index (χ4n) is 12.3. The van der Waals surface area contributed by atoms with Gasteiger partial charge in [0.15, 0.2) is 0 Å². The molecule has 0 unspecified atom stereocenters. The zero-order valence-corrected chi connectivity index (χ0v) is 35.3. The summed E-state index contributed by atoms with van der Waals surface area (Å²) in [6.45, 7) is 5.02. The topological polar surface area (TPSA) is 42.2 Å². The fourth-order valence-corrected chi connectivity index (χ4v) is 16.6. The predicted octanol–water partition coefficient (Wildman–Crippen LogP) is 12.9. The van der Waals surface area contributed by atoms with Crippen LogP contribution in [0, 0.1) is 0 Å². The molecule has 61 heavy (non-hydrogen) atoms. The van der Waals surface area contributed by atoms with Gasteiger partial charge in [0.2, 0.25) is 0 Å². The summed E-state index contributed by atoms with van der Waals surface area (Å²) in [5, 5.41) is 10.7. The summed E-state index contributed by atoms with van der Waals surface area (Å²) in [6, 6.07) is 52.8. The molecule has 0 N–H and O–H groups in total. The molecule has 0 radical (unpaired) electrons. The van der Waals surface area contributed by atoms with Gasteiger partial charge in [-0.1, -0.05) is 110 Å². The Morgan fingerprint density at radius 1 is 0.541 bits per heavy atom. The summed E-state index contributed by atoms with van der Waals surface area (Å²) in [4.78, 5) is 12.7. The Morgan fingerprint density at radius 3 is 2.08 bits per heavy atom. The molecular formula is C55H35N3OSSi. The van der Waals surface area contributed by atoms with Crippen molar-refractivity contribution in [3.05, 3.63) is 185 Å². The number of fused-ring (bicyclic) bond motifs is 18. The molecule has 7 aromatic carbocycles. The highest BCUT2D eigenvalue weighted by atomic mass is 32.1. The Bertz CT molecular complexity index is 3780. The minimum atomic E-state index is -2.13. The second-order valence-corrected chi connectivity index (χ2v) is 23.3. The van der Waals surface area contributed by atoms with Crippen LogP contribution in [0.5, 0.6) is 0 Å². The van der Waals surface area contributed by atoms with Gasteiger partial charge in [-0.15, -0.1) is 11.3 Å². The maximum Gasteiger partial charge on any atom is 0.137 e. The average molecular weight is 814 g/mol. The number of hydrogen-bond donors (Lipinski definition) is 0. The van der Waals surface area contributed by atoms with Gasteiger partial charge >= 0.3 is 0 Å². The van der Waals surface area contributed by atoms with Crippen LogP contribution in [0.4, 0.5) is 17.1 Å². The molecule has 0 amide bonds. The van der Waals surface area contributed by atoms with Gasteiger partial charge in [-0.3, -0.25) is 9.97 Å². The van der Waals surface area contributed by atoms with Gasteiger partial charge in [-0.05, 0) is 109 Å². The lowest BCUT2D eigenvalue weighted by molar-refractivity contribution is 0.669. The standard InChI is InChI=1S/C55H35N3OSSi/c1-61(2)46-17-6-4-14-41(46)58(43-29-45-36(28-47(43)61)32-10-3-5-16-44(32)59-45)42-15-7-11-33-34-23-25-38-50(54(34)60-53(33)42)35-22-20-30-18-19-31-21-24-37(49(35)48(30)31)55(38)39-12-8-26-56-51(39)52-40(55)13-9-27-57-52/h3-17,20-29H,18-19H2,1-2H3. The van der Waals surface area contributed by atoms with Crippen LogP contribution in [0.25, 0.3) is 75.4 Å². The predicted molar refractivity (Wildman–Crippen MR) is 255 cm³/mol. The highest BCUT2D eigenvalue weighted by Gasteiger charge is 2.52. The van der Waals surface area contributed by atoms with E-state index < -0.39 is 13.5 Å². The number of benzene rings is 7. The average Bonchev–Trinajstić information content (AvgIpc) is 4.07. The van der Waals surface area contributed by atoms with Gasteiger partial charge in [0.25, 0.3) is 0 Å². The van der Waals surface area contributed by atoms with Crippen LogP contribution in [0.3, 0.4) is 0 Å². The lowest BCUT2D eigenvalue weighted by atomic mass is 9.61. The molecule has 0 saturated carbocycles. The number of thiophene rings is 1. The van der Waals surface area contributed by atoms with E-state index in [-0.39, 0.29) is 0 Å². The minimum Gasteiger partial charge on any atom is -0.456 e. The Kier molecular flexibility index (Phi) is 5.98. The molecule has 3 aliphatic carbocycles. The number of hydrogen-bond acceptors (Lipinski definition) is 5. The van der Waals surface area contributed by atoms with E-state index in [2.05, 4.69) is 158 Å². The molecule has 4 aliphatic rings. The maximum atomic E-state index is 6.61. The van der Waals surface area contributed by atoms with Crippen LogP contribution in [0.2, 0.25) is 13.1 Å². The van der Waals surface area contributed by atoms with E-state index in [1.54, 1.807) is 0 Å². The Hall–Kier alpha value is -6.86. The Morgan fingerprint density at radius 2 is 1.25 bits per heavy atom. The summed E-state index contributed by atoms with van der Waals surface area (Å²) in [5.74, 6) is 0. The highest BCUT2D eigenvalue weighted by molar-refractivity contribution is 7.27. The second kappa shape index (κ2) is 11.1. The minimum absolute atomic E-state index is 0.554. The van der Waals surface area contributed by atoms with E-state index in [4.69, 9.17) is 14.4 Å². The monoisotopic (exact) mass is 813 g/mol. The number of para-hydroxylation sites is 2. The van der Waals surface area contributed by atoms with Gasteiger partial charge in [0.1, 0.15) is 19.2 Å². The van der Waals surface area contributed by atoms with Crippen LogP contribution in [-0.2, 0) is 18.3 Å². The van der Waals surface area contributed by atoms with E-state index in [0.717, 1.165) is 35.4 Å². The maximum absolute atomic E-state index is 6.61. The lowest BCUT2D eigenvalue weighted by Gasteiger charge is -2.41. The third kappa shape index (κ3) is 3.80. The van der Waals surface area contributed by atoms with Gasteiger partial charge < -0.3 is 9.32 Å². The second-order valence-electron chi connectivity index (χ2n) is 17.9. The van der Waals surface area contributed by atoms with Crippen molar-refractivity contribution in [3.8, 4) is 22.5 Å². The summed E-state index contributed by atoms with van der Waals surface area (Å²) in [7, 11) is -2.13.